The summed E-state index contributed by atoms with van der Waals surface area (Å²) in [6, 6.07) is 6.96. The van der Waals surface area contributed by atoms with Crippen LogP contribution in [0.25, 0.3) is 10.9 Å². The lowest BCUT2D eigenvalue weighted by molar-refractivity contribution is -0.141. The van der Waals surface area contributed by atoms with Crippen molar-refractivity contribution in [2.24, 2.45) is 0 Å². The van der Waals surface area contributed by atoms with Crippen LogP contribution in [0.15, 0.2) is 24.3 Å². The molecule has 0 radical (unpaired) electrons. The summed E-state index contributed by atoms with van der Waals surface area (Å²) in [5.41, 5.74) is 2.84. The molecule has 6 heteroatoms. The number of amides is 1. The molecule has 1 aromatic heterocycles. The number of aliphatic carboxylic acids is 1. The molecular formula is C16H20N2O3S. The molecule has 0 aliphatic heterocycles. The molecule has 2 aromatic rings. The first-order chi connectivity index (χ1) is 10.5. The van der Waals surface area contributed by atoms with E-state index in [9.17, 15) is 14.7 Å². The minimum atomic E-state index is -0.988. The van der Waals surface area contributed by atoms with Gasteiger partial charge in [0, 0.05) is 16.6 Å². The van der Waals surface area contributed by atoms with Gasteiger partial charge in [-0.3, -0.25) is 4.79 Å². The Kier molecular flexibility index (Phi) is 5.49. The number of carboxylic acid groups (broad SMARTS) is 1. The van der Waals surface area contributed by atoms with Crippen LogP contribution in [0.4, 0.5) is 0 Å². The first-order valence-corrected chi connectivity index (χ1v) is 8.49. The highest BCUT2D eigenvalue weighted by Gasteiger charge is 2.20. The van der Waals surface area contributed by atoms with Gasteiger partial charge in [0.15, 0.2) is 0 Å². The third-order valence-electron chi connectivity index (χ3n) is 3.61. The molecule has 0 spiro atoms. The second kappa shape index (κ2) is 7.35. The summed E-state index contributed by atoms with van der Waals surface area (Å²) in [6.45, 7) is 1.92. The molecular weight excluding hydrogens is 300 g/mol. The molecule has 0 saturated heterocycles. The number of hydrogen-bond donors (Lipinski definition) is 3. The second-order valence-corrected chi connectivity index (χ2v) is 6.18. The van der Waals surface area contributed by atoms with Gasteiger partial charge >= 0.3 is 5.97 Å². The van der Waals surface area contributed by atoms with E-state index in [0.717, 1.165) is 22.2 Å². The van der Waals surface area contributed by atoms with Crippen molar-refractivity contribution in [2.75, 3.05) is 12.0 Å². The molecule has 2 rings (SSSR count). The van der Waals surface area contributed by atoms with Crippen LogP contribution in [0.1, 0.15) is 17.7 Å². The number of aromatic amines is 1. The summed E-state index contributed by atoms with van der Waals surface area (Å²) in [5, 5.41) is 12.8. The van der Waals surface area contributed by atoms with E-state index in [-0.39, 0.29) is 12.3 Å². The molecule has 5 nitrogen and oxygen atoms in total. The molecule has 0 aliphatic rings. The van der Waals surface area contributed by atoms with Gasteiger partial charge in [0.2, 0.25) is 5.91 Å². The normalized spacial score (nSPS) is 12.3. The van der Waals surface area contributed by atoms with E-state index >= 15 is 0 Å². The van der Waals surface area contributed by atoms with E-state index in [1.165, 1.54) is 0 Å². The lowest BCUT2D eigenvalue weighted by Crippen LogP contribution is -2.41. The van der Waals surface area contributed by atoms with Crippen molar-refractivity contribution < 1.29 is 14.7 Å². The number of carbonyl (C=O) groups excluding carboxylic acids is 1. The van der Waals surface area contributed by atoms with E-state index in [1.807, 2.05) is 37.4 Å². The highest BCUT2D eigenvalue weighted by molar-refractivity contribution is 7.98. The van der Waals surface area contributed by atoms with Crippen LogP contribution < -0.4 is 5.32 Å². The number of rotatable bonds is 7. The monoisotopic (exact) mass is 320 g/mol. The third kappa shape index (κ3) is 3.82. The van der Waals surface area contributed by atoms with Gasteiger partial charge < -0.3 is 15.4 Å². The number of thioether (sulfide) groups is 1. The van der Waals surface area contributed by atoms with Crippen LogP contribution in [-0.4, -0.2) is 40.0 Å². The standard InChI is InChI=1S/C16H20N2O3S/c1-10-12(11-5-3-4-6-13(11)17-10)9-15(19)18-14(16(20)21)7-8-22-2/h3-6,14,17H,7-9H2,1-2H3,(H,18,19)(H,20,21). The Morgan fingerprint density at radius 1 is 1.36 bits per heavy atom. The summed E-state index contributed by atoms with van der Waals surface area (Å²) in [5.74, 6) is -0.553. The molecule has 1 atom stereocenters. The van der Waals surface area contributed by atoms with Crippen LogP contribution in [0.2, 0.25) is 0 Å². The zero-order chi connectivity index (χ0) is 16.1. The Bertz CT molecular complexity index is 681. The molecule has 1 unspecified atom stereocenters. The molecule has 1 aromatic carbocycles. The predicted molar refractivity (Wildman–Crippen MR) is 89.3 cm³/mol. The number of carboxylic acids is 1. The van der Waals surface area contributed by atoms with Crippen molar-refractivity contribution in [1.29, 1.82) is 0 Å². The number of hydrogen-bond acceptors (Lipinski definition) is 3. The van der Waals surface area contributed by atoms with Gasteiger partial charge in [-0.05, 0) is 37.0 Å². The topological polar surface area (TPSA) is 82.2 Å². The number of benzene rings is 1. The molecule has 1 amide bonds. The average Bonchev–Trinajstić information content (AvgIpc) is 2.79. The Balaban J connectivity index is 2.10. The van der Waals surface area contributed by atoms with Crippen molar-refractivity contribution in [3.63, 3.8) is 0 Å². The molecule has 1 heterocycles. The van der Waals surface area contributed by atoms with Crippen molar-refractivity contribution >= 4 is 34.5 Å². The zero-order valence-corrected chi connectivity index (χ0v) is 13.5. The van der Waals surface area contributed by atoms with Crippen LogP contribution >= 0.6 is 11.8 Å². The maximum atomic E-state index is 12.2. The van der Waals surface area contributed by atoms with E-state index in [4.69, 9.17) is 0 Å². The van der Waals surface area contributed by atoms with Crippen LogP contribution in [0.3, 0.4) is 0 Å². The number of H-pyrrole nitrogens is 1. The Labute approximate surface area is 133 Å². The minimum absolute atomic E-state index is 0.179. The van der Waals surface area contributed by atoms with Crippen molar-refractivity contribution in [3.8, 4) is 0 Å². The molecule has 0 fully saturated rings. The van der Waals surface area contributed by atoms with Crippen LogP contribution in [-0.2, 0) is 16.0 Å². The molecule has 0 bridgehead atoms. The number of fused-ring (bicyclic) bond motifs is 1. The minimum Gasteiger partial charge on any atom is -0.480 e. The van der Waals surface area contributed by atoms with Gasteiger partial charge in [-0.2, -0.15) is 11.8 Å². The largest absolute Gasteiger partial charge is 0.480 e. The SMILES string of the molecule is CSCCC(NC(=O)Cc1c(C)[nH]c2ccccc12)C(=O)O. The maximum Gasteiger partial charge on any atom is 0.326 e. The van der Waals surface area contributed by atoms with E-state index < -0.39 is 12.0 Å². The van der Waals surface area contributed by atoms with Crippen molar-refractivity contribution in [2.45, 2.75) is 25.8 Å². The lowest BCUT2D eigenvalue weighted by atomic mass is 10.1. The summed E-state index contributed by atoms with van der Waals surface area (Å²) >= 11 is 1.56. The highest BCUT2D eigenvalue weighted by Crippen LogP contribution is 2.22. The zero-order valence-electron chi connectivity index (χ0n) is 12.7. The first-order valence-electron chi connectivity index (χ1n) is 7.10. The van der Waals surface area contributed by atoms with E-state index in [2.05, 4.69) is 10.3 Å². The number of aromatic nitrogens is 1. The summed E-state index contributed by atoms with van der Waals surface area (Å²) in [7, 11) is 0. The van der Waals surface area contributed by atoms with Crippen LogP contribution in [0, 0.1) is 6.92 Å². The number of aryl methyl sites for hydroxylation is 1. The van der Waals surface area contributed by atoms with Gasteiger partial charge in [-0.15, -0.1) is 0 Å². The van der Waals surface area contributed by atoms with Gasteiger partial charge in [-0.1, -0.05) is 18.2 Å². The lowest BCUT2D eigenvalue weighted by Gasteiger charge is -2.14. The Hall–Kier alpha value is -1.95. The molecule has 3 N–H and O–H groups in total. The smallest absolute Gasteiger partial charge is 0.326 e. The molecule has 0 aliphatic carbocycles. The van der Waals surface area contributed by atoms with Crippen molar-refractivity contribution in [1.82, 2.24) is 10.3 Å². The van der Waals surface area contributed by atoms with Gasteiger partial charge in [0.05, 0.1) is 6.42 Å². The summed E-state index contributed by atoms with van der Waals surface area (Å²) in [6.07, 6.45) is 2.52. The van der Waals surface area contributed by atoms with Crippen molar-refractivity contribution in [3.05, 3.63) is 35.5 Å². The Morgan fingerprint density at radius 3 is 2.77 bits per heavy atom. The van der Waals surface area contributed by atoms with Gasteiger partial charge in [0.1, 0.15) is 6.04 Å². The Morgan fingerprint density at radius 2 is 2.09 bits per heavy atom. The molecule has 118 valence electrons. The average molecular weight is 320 g/mol. The first kappa shape index (κ1) is 16.4. The van der Waals surface area contributed by atoms with Crippen LogP contribution in [0.5, 0.6) is 0 Å². The predicted octanol–water partition coefficient (Wildman–Crippen LogP) is 2.34. The third-order valence-corrected chi connectivity index (χ3v) is 4.25. The van der Waals surface area contributed by atoms with E-state index in [0.29, 0.717) is 12.2 Å². The molecule has 0 saturated carbocycles. The quantitative estimate of drug-likeness (QED) is 0.731. The maximum absolute atomic E-state index is 12.2. The summed E-state index contributed by atoms with van der Waals surface area (Å²) in [4.78, 5) is 26.6. The number of carbonyl (C=O) groups is 2. The molecule has 22 heavy (non-hydrogen) atoms. The number of nitrogens with one attached hydrogen (secondary N) is 2. The van der Waals surface area contributed by atoms with Gasteiger partial charge in [0.25, 0.3) is 0 Å². The van der Waals surface area contributed by atoms with E-state index in [1.54, 1.807) is 11.8 Å². The fourth-order valence-electron chi connectivity index (χ4n) is 2.46. The number of para-hydroxylation sites is 1. The fourth-order valence-corrected chi connectivity index (χ4v) is 2.93. The van der Waals surface area contributed by atoms with Gasteiger partial charge in [-0.25, -0.2) is 4.79 Å². The second-order valence-electron chi connectivity index (χ2n) is 5.19. The fraction of sp³-hybridized carbons (Fsp3) is 0.375. The summed E-state index contributed by atoms with van der Waals surface area (Å²) < 4.78 is 0. The highest BCUT2D eigenvalue weighted by atomic mass is 32.2.